The summed E-state index contributed by atoms with van der Waals surface area (Å²) in [6.45, 7) is 2.00. The molecule has 1 N–H and O–H groups in total. The van der Waals surface area contributed by atoms with Crippen LogP contribution in [0.2, 0.25) is 0 Å². The molecule has 1 aliphatic heterocycles. The minimum atomic E-state index is -0.438. The number of ketones is 1. The molecule has 0 amide bonds. The predicted octanol–water partition coefficient (Wildman–Crippen LogP) is -0.664. The summed E-state index contributed by atoms with van der Waals surface area (Å²) >= 11 is 0. The molecule has 1 unspecified atom stereocenters. The van der Waals surface area contributed by atoms with Gasteiger partial charge in [-0.25, -0.2) is 0 Å². The Labute approximate surface area is 64.9 Å². The van der Waals surface area contributed by atoms with E-state index in [0.29, 0.717) is 0 Å². The average Bonchev–Trinajstić information content (AvgIpc) is 2.32. The van der Waals surface area contributed by atoms with Gasteiger partial charge in [0, 0.05) is 5.92 Å². The van der Waals surface area contributed by atoms with Gasteiger partial charge in [-0.05, 0) is 0 Å². The lowest BCUT2D eigenvalue weighted by Gasteiger charge is -2.10. The Hall–Kier alpha value is -0.900. The number of carbonyl (C=O) groups is 2. The van der Waals surface area contributed by atoms with Gasteiger partial charge in [-0.2, -0.15) is 0 Å². The van der Waals surface area contributed by atoms with Crippen LogP contribution in [0.25, 0.3) is 0 Å². The van der Waals surface area contributed by atoms with Crippen molar-refractivity contribution in [2.45, 2.75) is 13.0 Å². The maximum absolute atomic E-state index is 10.9. The van der Waals surface area contributed by atoms with Crippen molar-refractivity contribution in [2.24, 2.45) is 5.92 Å². The fourth-order valence-electron chi connectivity index (χ4n) is 1.15. The van der Waals surface area contributed by atoms with Gasteiger partial charge in [-0.3, -0.25) is 14.9 Å². The van der Waals surface area contributed by atoms with Gasteiger partial charge < -0.3 is 4.74 Å². The summed E-state index contributed by atoms with van der Waals surface area (Å²) < 4.78 is 4.50. The van der Waals surface area contributed by atoms with E-state index in [4.69, 9.17) is 0 Å². The standard InChI is InChI=1S/C7H11NO3/c1-4-5(9)3-8-6(4)7(10)11-2/h4,6,8H,3H2,1-2H3/t4?,6-/m0/s1. The molecule has 62 valence electrons. The lowest BCUT2D eigenvalue weighted by atomic mass is 10.0. The number of carbonyl (C=O) groups excluding carboxylic acids is 2. The van der Waals surface area contributed by atoms with Crippen LogP contribution in [0, 0.1) is 5.92 Å². The first-order valence-electron chi connectivity index (χ1n) is 3.50. The average molecular weight is 157 g/mol. The first-order valence-corrected chi connectivity index (χ1v) is 3.50. The van der Waals surface area contributed by atoms with Crippen LogP contribution in [-0.4, -0.2) is 31.4 Å². The summed E-state index contributed by atoms with van der Waals surface area (Å²) in [7, 11) is 1.32. The van der Waals surface area contributed by atoms with Crippen LogP contribution in [0.5, 0.6) is 0 Å². The van der Waals surface area contributed by atoms with E-state index in [1.165, 1.54) is 7.11 Å². The quantitative estimate of drug-likeness (QED) is 0.513. The maximum atomic E-state index is 10.9. The number of hydrogen-bond donors (Lipinski definition) is 1. The zero-order valence-electron chi connectivity index (χ0n) is 6.59. The lowest BCUT2D eigenvalue weighted by Crippen LogP contribution is -2.35. The van der Waals surface area contributed by atoms with Gasteiger partial charge in [-0.15, -0.1) is 0 Å². The molecule has 0 aromatic carbocycles. The third-order valence-corrected chi connectivity index (χ3v) is 1.96. The van der Waals surface area contributed by atoms with Crippen LogP contribution in [-0.2, 0) is 14.3 Å². The molecule has 2 atom stereocenters. The predicted molar refractivity (Wildman–Crippen MR) is 38.0 cm³/mol. The van der Waals surface area contributed by atoms with Crippen LogP contribution in [0.15, 0.2) is 0 Å². The normalized spacial score (nSPS) is 30.5. The van der Waals surface area contributed by atoms with Gasteiger partial charge in [-0.1, -0.05) is 6.92 Å². The molecule has 1 fully saturated rings. The summed E-state index contributed by atoms with van der Waals surface area (Å²) in [5.41, 5.74) is 0. The van der Waals surface area contributed by atoms with Gasteiger partial charge >= 0.3 is 5.97 Å². The third-order valence-electron chi connectivity index (χ3n) is 1.96. The molecular formula is C7H11NO3. The van der Waals surface area contributed by atoms with Crippen molar-refractivity contribution < 1.29 is 14.3 Å². The van der Waals surface area contributed by atoms with Crippen LogP contribution in [0.3, 0.4) is 0 Å². The van der Waals surface area contributed by atoms with E-state index in [2.05, 4.69) is 10.1 Å². The molecule has 1 rings (SSSR count). The summed E-state index contributed by atoms with van der Waals surface area (Å²) in [5.74, 6) is -0.536. The van der Waals surface area contributed by atoms with Crippen molar-refractivity contribution in [3.8, 4) is 0 Å². The van der Waals surface area contributed by atoms with Crippen molar-refractivity contribution in [2.75, 3.05) is 13.7 Å². The number of rotatable bonds is 1. The summed E-state index contributed by atoms with van der Waals surface area (Å²) in [4.78, 5) is 21.9. The monoisotopic (exact) mass is 157 g/mol. The molecule has 4 heteroatoms. The van der Waals surface area contributed by atoms with Gasteiger partial charge in [0.15, 0.2) is 5.78 Å². The van der Waals surface area contributed by atoms with Crippen LogP contribution >= 0.6 is 0 Å². The van der Waals surface area contributed by atoms with E-state index in [1.54, 1.807) is 6.92 Å². The second-order valence-corrected chi connectivity index (χ2v) is 2.64. The largest absolute Gasteiger partial charge is 0.468 e. The summed E-state index contributed by atoms with van der Waals surface area (Å²) in [6.07, 6.45) is 0. The summed E-state index contributed by atoms with van der Waals surface area (Å²) in [6, 6.07) is -0.438. The molecule has 0 aliphatic carbocycles. The lowest BCUT2D eigenvalue weighted by molar-refractivity contribution is -0.144. The van der Waals surface area contributed by atoms with Crippen LogP contribution in [0.4, 0.5) is 0 Å². The van der Waals surface area contributed by atoms with E-state index in [0.717, 1.165) is 0 Å². The van der Waals surface area contributed by atoms with E-state index < -0.39 is 6.04 Å². The highest BCUT2D eigenvalue weighted by Crippen LogP contribution is 2.11. The Balaban J connectivity index is 2.61. The number of Topliss-reactive ketones (excluding diaryl/α,β-unsaturated/α-hetero) is 1. The number of esters is 1. The number of nitrogens with one attached hydrogen (secondary N) is 1. The maximum Gasteiger partial charge on any atom is 0.323 e. The number of hydrogen-bond acceptors (Lipinski definition) is 4. The van der Waals surface area contributed by atoms with Crippen molar-refractivity contribution in [3.63, 3.8) is 0 Å². The molecule has 0 spiro atoms. The van der Waals surface area contributed by atoms with Crippen molar-refractivity contribution >= 4 is 11.8 Å². The highest BCUT2D eigenvalue weighted by atomic mass is 16.5. The van der Waals surface area contributed by atoms with E-state index in [-0.39, 0.29) is 24.2 Å². The van der Waals surface area contributed by atoms with Crippen molar-refractivity contribution in [3.05, 3.63) is 0 Å². The van der Waals surface area contributed by atoms with Crippen molar-refractivity contribution in [1.82, 2.24) is 5.32 Å². The zero-order chi connectivity index (χ0) is 8.43. The smallest absolute Gasteiger partial charge is 0.323 e. The van der Waals surface area contributed by atoms with Gasteiger partial charge in [0.05, 0.1) is 13.7 Å². The minimum absolute atomic E-state index is 0.0698. The molecule has 0 saturated carbocycles. The van der Waals surface area contributed by atoms with E-state index in [1.807, 2.05) is 0 Å². The third kappa shape index (κ3) is 1.40. The highest BCUT2D eigenvalue weighted by molar-refractivity contribution is 5.93. The van der Waals surface area contributed by atoms with Crippen LogP contribution < -0.4 is 5.32 Å². The Morgan fingerprint density at radius 2 is 2.36 bits per heavy atom. The minimum Gasteiger partial charge on any atom is -0.468 e. The molecule has 11 heavy (non-hydrogen) atoms. The molecule has 0 aromatic rings. The Bertz CT molecular complexity index is 190. The molecule has 4 nitrogen and oxygen atoms in total. The first kappa shape index (κ1) is 8.20. The Morgan fingerprint density at radius 1 is 1.73 bits per heavy atom. The molecule has 0 aromatic heterocycles. The first-order chi connectivity index (χ1) is 5.16. The van der Waals surface area contributed by atoms with Gasteiger partial charge in [0.2, 0.25) is 0 Å². The van der Waals surface area contributed by atoms with Gasteiger partial charge in [0.25, 0.3) is 0 Å². The molecule has 1 aliphatic rings. The topological polar surface area (TPSA) is 55.4 Å². The molecule has 1 heterocycles. The van der Waals surface area contributed by atoms with Crippen LogP contribution in [0.1, 0.15) is 6.92 Å². The molecular weight excluding hydrogens is 146 g/mol. The number of methoxy groups -OCH3 is 1. The van der Waals surface area contributed by atoms with Gasteiger partial charge in [0.1, 0.15) is 6.04 Å². The highest BCUT2D eigenvalue weighted by Gasteiger charge is 2.36. The number of ether oxygens (including phenoxy) is 1. The van der Waals surface area contributed by atoms with E-state index >= 15 is 0 Å². The Morgan fingerprint density at radius 3 is 2.73 bits per heavy atom. The molecule has 0 bridgehead atoms. The second kappa shape index (κ2) is 3.00. The second-order valence-electron chi connectivity index (χ2n) is 2.64. The molecule has 0 radical (unpaired) electrons. The van der Waals surface area contributed by atoms with E-state index in [9.17, 15) is 9.59 Å². The Kier molecular flexibility index (Phi) is 2.24. The summed E-state index contributed by atoms with van der Waals surface area (Å²) in [5, 5.41) is 2.78. The fourth-order valence-corrected chi connectivity index (χ4v) is 1.15. The zero-order valence-corrected chi connectivity index (χ0v) is 6.59. The fraction of sp³-hybridized carbons (Fsp3) is 0.714. The molecule has 1 saturated heterocycles. The SMILES string of the molecule is COC(=O)[C@H]1NCC(=O)C1C. The van der Waals surface area contributed by atoms with Crippen molar-refractivity contribution in [1.29, 1.82) is 0 Å².